The number of carboxylic acid groups (broad SMARTS) is 1. The Balaban J connectivity index is 1.59. The molecule has 8 heteroatoms. The molecule has 1 amide bonds. The normalized spacial score (nSPS) is 24.2. The lowest BCUT2D eigenvalue weighted by atomic mass is 9.85. The SMILES string of the molecule is C[C@@H]1CCCC[C@H]1N1C(=O)/C(=C/c2ccc(OCC(=O)O)c(Br)c2)SC1Nc1ccccc1. The fourth-order valence-corrected chi connectivity index (χ4v) is 6.10. The van der Waals surface area contributed by atoms with Gasteiger partial charge in [0.2, 0.25) is 0 Å². The number of anilines is 1. The minimum atomic E-state index is -1.03. The number of halogens is 1. The highest BCUT2D eigenvalue weighted by atomic mass is 79.9. The van der Waals surface area contributed by atoms with Gasteiger partial charge in [-0.3, -0.25) is 4.79 Å². The molecule has 1 saturated carbocycles. The van der Waals surface area contributed by atoms with Crippen LogP contribution in [0.2, 0.25) is 0 Å². The predicted molar refractivity (Wildman–Crippen MR) is 135 cm³/mol. The van der Waals surface area contributed by atoms with Crippen LogP contribution >= 0.6 is 27.7 Å². The Hall–Kier alpha value is -2.45. The molecule has 0 spiro atoms. The number of hydrogen-bond donors (Lipinski definition) is 2. The number of carbonyl (C=O) groups excluding carboxylic acids is 1. The number of rotatable bonds is 7. The Kier molecular flexibility index (Phi) is 7.65. The van der Waals surface area contributed by atoms with E-state index in [1.807, 2.05) is 53.4 Å². The van der Waals surface area contributed by atoms with Crippen LogP contribution in [0.25, 0.3) is 6.08 Å². The van der Waals surface area contributed by atoms with E-state index in [-0.39, 0.29) is 17.4 Å². The number of para-hydroxylation sites is 1. The van der Waals surface area contributed by atoms with Crippen molar-refractivity contribution in [1.29, 1.82) is 0 Å². The Labute approximate surface area is 206 Å². The molecule has 0 radical (unpaired) electrons. The molecule has 3 atom stereocenters. The van der Waals surface area contributed by atoms with Gasteiger partial charge in [0.05, 0.1) is 9.38 Å². The van der Waals surface area contributed by atoms with Crippen molar-refractivity contribution in [3.05, 3.63) is 63.5 Å². The largest absolute Gasteiger partial charge is 0.481 e. The number of carboxylic acids is 1. The van der Waals surface area contributed by atoms with Crippen LogP contribution in [0.5, 0.6) is 5.75 Å². The van der Waals surface area contributed by atoms with E-state index in [0.717, 1.165) is 30.5 Å². The predicted octanol–water partition coefficient (Wildman–Crippen LogP) is 5.80. The lowest BCUT2D eigenvalue weighted by Crippen LogP contribution is -2.48. The second-order valence-electron chi connectivity index (χ2n) is 8.40. The highest BCUT2D eigenvalue weighted by Gasteiger charge is 2.42. The number of nitrogens with one attached hydrogen (secondary N) is 1. The van der Waals surface area contributed by atoms with Crippen molar-refractivity contribution in [2.24, 2.45) is 5.92 Å². The quantitative estimate of drug-likeness (QED) is 0.440. The van der Waals surface area contributed by atoms with Crippen molar-refractivity contribution in [3.63, 3.8) is 0 Å². The fourth-order valence-electron chi connectivity index (χ4n) is 4.38. The maximum Gasteiger partial charge on any atom is 0.341 e. The standard InChI is InChI=1S/C25H27BrN2O4S/c1-16-7-5-6-10-20(16)28-24(31)22(33-25(28)27-18-8-3-2-4-9-18)14-17-11-12-21(19(26)13-17)32-15-23(29)30/h2-4,8-9,11-14,16,20,25,27H,5-7,10,15H2,1H3,(H,29,30)/b22-14-/t16-,20-,25?/m1/s1. The third-order valence-corrected chi connectivity index (χ3v) is 7.76. The summed E-state index contributed by atoms with van der Waals surface area (Å²) < 4.78 is 5.92. The summed E-state index contributed by atoms with van der Waals surface area (Å²) in [5.74, 6) is -0.0710. The Morgan fingerprint density at radius 2 is 2.00 bits per heavy atom. The highest BCUT2D eigenvalue weighted by molar-refractivity contribution is 9.10. The van der Waals surface area contributed by atoms with Gasteiger partial charge in [0, 0.05) is 11.7 Å². The number of thioether (sulfide) groups is 1. The molecule has 33 heavy (non-hydrogen) atoms. The molecule has 1 heterocycles. The summed E-state index contributed by atoms with van der Waals surface area (Å²) in [6.45, 7) is 1.84. The molecular weight excluding hydrogens is 504 g/mol. The van der Waals surface area contributed by atoms with Gasteiger partial charge in [-0.1, -0.05) is 55.8 Å². The van der Waals surface area contributed by atoms with Crippen LogP contribution in [0.4, 0.5) is 5.69 Å². The molecule has 2 N–H and O–H groups in total. The monoisotopic (exact) mass is 530 g/mol. The molecule has 1 aliphatic heterocycles. The number of ether oxygens (including phenoxy) is 1. The van der Waals surface area contributed by atoms with Gasteiger partial charge in [0.15, 0.2) is 12.1 Å². The molecule has 2 aliphatic rings. The molecule has 174 valence electrons. The number of benzene rings is 2. The number of nitrogens with zero attached hydrogens (tertiary/aromatic N) is 1. The molecule has 0 aromatic heterocycles. The first-order chi connectivity index (χ1) is 15.9. The van der Waals surface area contributed by atoms with Crippen molar-refractivity contribution in [2.45, 2.75) is 44.1 Å². The molecule has 6 nitrogen and oxygen atoms in total. The van der Waals surface area contributed by atoms with E-state index in [9.17, 15) is 9.59 Å². The lowest BCUT2D eigenvalue weighted by Gasteiger charge is -2.39. The maximum absolute atomic E-state index is 13.6. The van der Waals surface area contributed by atoms with Crippen molar-refractivity contribution in [2.75, 3.05) is 11.9 Å². The van der Waals surface area contributed by atoms with Crippen molar-refractivity contribution in [1.82, 2.24) is 4.90 Å². The van der Waals surface area contributed by atoms with Crippen LogP contribution < -0.4 is 10.1 Å². The van der Waals surface area contributed by atoms with E-state index < -0.39 is 12.6 Å². The molecule has 2 fully saturated rings. The van der Waals surface area contributed by atoms with E-state index >= 15 is 0 Å². The summed E-state index contributed by atoms with van der Waals surface area (Å²) >= 11 is 4.98. The molecule has 1 aliphatic carbocycles. The van der Waals surface area contributed by atoms with Gasteiger partial charge in [-0.05, 0) is 70.6 Å². The van der Waals surface area contributed by atoms with Gasteiger partial charge >= 0.3 is 5.97 Å². The summed E-state index contributed by atoms with van der Waals surface area (Å²) in [7, 11) is 0. The van der Waals surface area contributed by atoms with Crippen LogP contribution in [-0.2, 0) is 9.59 Å². The Morgan fingerprint density at radius 3 is 2.70 bits per heavy atom. The number of amides is 1. The summed E-state index contributed by atoms with van der Waals surface area (Å²) in [6, 6.07) is 15.6. The minimum absolute atomic E-state index is 0.0505. The number of carbonyl (C=O) groups is 2. The fraction of sp³-hybridized carbons (Fsp3) is 0.360. The number of hydrogen-bond acceptors (Lipinski definition) is 5. The first-order valence-electron chi connectivity index (χ1n) is 11.1. The van der Waals surface area contributed by atoms with Crippen molar-refractivity contribution >= 4 is 51.3 Å². The third-order valence-electron chi connectivity index (χ3n) is 6.03. The van der Waals surface area contributed by atoms with E-state index in [0.29, 0.717) is 21.0 Å². The Morgan fingerprint density at radius 1 is 1.24 bits per heavy atom. The first kappa shape index (κ1) is 23.7. The second kappa shape index (κ2) is 10.7. The van der Waals surface area contributed by atoms with Gasteiger partial charge in [-0.25, -0.2) is 4.79 Å². The van der Waals surface area contributed by atoms with Gasteiger partial charge in [-0.2, -0.15) is 0 Å². The summed E-state index contributed by atoms with van der Waals surface area (Å²) in [4.78, 5) is 27.1. The average molecular weight is 531 g/mol. The summed E-state index contributed by atoms with van der Waals surface area (Å²) in [5, 5.41) is 12.4. The molecule has 2 aromatic carbocycles. The van der Waals surface area contributed by atoms with Gasteiger partial charge in [0.1, 0.15) is 5.75 Å². The topological polar surface area (TPSA) is 78.9 Å². The smallest absolute Gasteiger partial charge is 0.341 e. The van der Waals surface area contributed by atoms with Crippen molar-refractivity contribution < 1.29 is 19.4 Å². The summed E-state index contributed by atoms with van der Waals surface area (Å²) in [6.07, 6.45) is 6.42. The van der Waals surface area contributed by atoms with Crippen LogP contribution in [0, 0.1) is 5.92 Å². The van der Waals surface area contributed by atoms with Crippen LogP contribution in [0.3, 0.4) is 0 Å². The molecular formula is C25H27BrN2O4S. The molecule has 1 unspecified atom stereocenters. The third kappa shape index (κ3) is 5.73. The van der Waals surface area contributed by atoms with E-state index in [4.69, 9.17) is 9.84 Å². The summed E-state index contributed by atoms with van der Waals surface area (Å²) in [5.41, 5.74) is 1.66. The first-order valence-corrected chi connectivity index (χ1v) is 12.8. The van der Waals surface area contributed by atoms with Gasteiger partial charge in [-0.15, -0.1) is 0 Å². The van der Waals surface area contributed by atoms with Crippen molar-refractivity contribution in [3.8, 4) is 5.75 Å². The second-order valence-corrected chi connectivity index (χ2v) is 10.4. The molecule has 0 bridgehead atoms. The molecule has 1 saturated heterocycles. The van der Waals surface area contributed by atoms with E-state index in [2.05, 4.69) is 28.2 Å². The Bertz CT molecular complexity index is 1050. The molecule has 2 aromatic rings. The average Bonchev–Trinajstić information content (AvgIpc) is 3.08. The van der Waals surface area contributed by atoms with Gasteiger partial charge in [0.25, 0.3) is 5.91 Å². The van der Waals surface area contributed by atoms with E-state index in [1.165, 1.54) is 18.2 Å². The maximum atomic E-state index is 13.6. The zero-order valence-corrected chi connectivity index (χ0v) is 20.8. The lowest BCUT2D eigenvalue weighted by molar-refractivity contribution is -0.139. The molecule has 4 rings (SSSR count). The zero-order chi connectivity index (χ0) is 23.4. The van der Waals surface area contributed by atoms with Crippen LogP contribution in [0.1, 0.15) is 38.2 Å². The van der Waals surface area contributed by atoms with Crippen LogP contribution in [0.15, 0.2) is 57.9 Å². The van der Waals surface area contributed by atoms with E-state index in [1.54, 1.807) is 6.07 Å². The van der Waals surface area contributed by atoms with Crippen LogP contribution in [-0.4, -0.2) is 40.0 Å². The minimum Gasteiger partial charge on any atom is -0.481 e. The zero-order valence-electron chi connectivity index (χ0n) is 18.4. The number of aliphatic carboxylic acids is 1. The highest BCUT2D eigenvalue weighted by Crippen LogP contribution is 2.42. The van der Waals surface area contributed by atoms with Gasteiger partial charge < -0.3 is 20.1 Å².